The molecule has 2 nitrogen and oxygen atoms in total. The summed E-state index contributed by atoms with van der Waals surface area (Å²) in [5.41, 5.74) is 0. The summed E-state index contributed by atoms with van der Waals surface area (Å²) in [7, 11) is 0. The van der Waals surface area contributed by atoms with Gasteiger partial charge in [0.25, 0.3) is 0 Å². The third-order valence-corrected chi connectivity index (χ3v) is 1.30. The first-order chi connectivity index (χ1) is 5.16. The van der Waals surface area contributed by atoms with Gasteiger partial charge in [-0.1, -0.05) is 26.0 Å². The summed E-state index contributed by atoms with van der Waals surface area (Å²) in [5, 5.41) is 9.24. The summed E-state index contributed by atoms with van der Waals surface area (Å²) in [6.07, 6.45) is 4.95. The van der Waals surface area contributed by atoms with E-state index in [0.717, 1.165) is 12.7 Å². The van der Waals surface area contributed by atoms with Crippen LogP contribution in [0.4, 0.5) is 0 Å². The van der Waals surface area contributed by atoms with Crippen LogP contribution in [0, 0.1) is 5.92 Å². The van der Waals surface area contributed by atoms with Gasteiger partial charge < -0.3 is 9.90 Å². The summed E-state index contributed by atoms with van der Waals surface area (Å²) in [5.74, 6) is 0.492. The Balaban J connectivity index is 3.50. The van der Waals surface area contributed by atoms with E-state index in [4.69, 9.17) is 0 Å². The van der Waals surface area contributed by atoms with Crippen molar-refractivity contribution in [2.75, 3.05) is 0 Å². The maximum absolute atomic E-state index is 9.88. The van der Waals surface area contributed by atoms with Crippen molar-refractivity contribution in [1.29, 1.82) is 0 Å². The van der Waals surface area contributed by atoms with E-state index >= 15 is 0 Å². The Hall–Kier alpha value is -0.630. The number of carbonyl (C=O) groups excluding carboxylic acids is 1. The Morgan fingerprint density at radius 1 is 1.45 bits per heavy atom. The molecule has 0 spiro atoms. The quantitative estimate of drug-likeness (QED) is 0.484. The van der Waals surface area contributed by atoms with Gasteiger partial charge >= 0.3 is 0 Å². The summed E-state index contributed by atoms with van der Waals surface area (Å²) in [6, 6.07) is 0. The van der Waals surface area contributed by atoms with Gasteiger partial charge in [0, 0.05) is 6.42 Å². The van der Waals surface area contributed by atoms with Crippen LogP contribution in [0.15, 0.2) is 12.2 Å². The summed E-state index contributed by atoms with van der Waals surface area (Å²) >= 11 is 0. The normalized spacial score (nSPS) is 14.2. The molecule has 2 heteroatoms. The Morgan fingerprint density at radius 3 is 2.55 bits per heavy atom. The van der Waals surface area contributed by atoms with E-state index in [1.165, 1.54) is 0 Å². The molecule has 0 aromatic rings. The Labute approximate surface area is 67.9 Å². The monoisotopic (exact) mass is 156 g/mol. The topological polar surface area (TPSA) is 37.3 Å². The van der Waals surface area contributed by atoms with Crippen LogP contribution in [0.3, 0.4) is 0 Å². The number of aliphatic hydroxyl groups excluding tert-OH is 1. The van der Waals surface area contributed by atoms with Crippen LogP contribution >= 0.6 is 0 Å². The number of aliphatic hydroxyl groups is 1. The van der Waals surface area contributed by atoms with Gasteiger partial charge in [0.15, 0.2) is 0 Å². The average molecular weight is 156 g/mol. The predicted molar refractivity (Wildman–Crippen MR) is 45.3 cm³/mol. The highest BCUT2D eigenvalue weighted by molar-refractivity contribution is 5.51. The molecule has 1 unspecified atom stereocenters. The maximum atomic E-state index is 9.88. The molecule has 0 aromatic heterocycles. The van der Waals surface area contributed by atoms with Gasteiger partial charge in [-0.3, -0.25) is 0 Å². The van der Waals surface area contributed by atoms with Gasteiger partial charge in [-0.05, 0) is 12.3 Å². The SMILES string of the molecule is CC(C)CC(O)/C=C/CC=O. The van der Waals surface area contributed by atoms with Gasteiger partial charge in [0.1, 0.15) is 6.29 Å². The number of allylic oxidation sites excluding steroid dienone is 1. The lowest BCUT2D eigenvalue weighted by atomic mass is 10.1. The zero-order valence-corrected chi connectivity index (χ0v) is 7.16. The second-order valence-electron chi connectivity index (χ2n) is 3.03. The average Bonchev–Trinajstić information content (AvgIpc) is 1.86. The van der Waals surface area contributed by atoms with Crippen molar-refractivity contribution >= 4 is 6.29 Å². The van der Waals surface area contributed by atoms with Crippen LogP contribution in [-0.4, -0.2) is 17.5 Å². The van der Waals surface area contributed by atoms with Gasteiger partial charge in [-0.15, -0.1) is 0 Å². The standard InChI is InChI=1S/C9H16O2/c1-8(2)7-9(11)5-3-4-6-10/h3,5-6,8-9,11H,4,7H2,1-2H3/b5-3+. The lowest BCUT2D eigenvalue weighted by Gasteiger charge is -2.07. The van der Waals surface area contributed by atoms with Crippen molar-refractivity contribution in [3.05, 3.63) is 12.2 Å². The van der Waals surface area contributed by atoms with Gasteiger partial charge in [-0.2, -0.15) is 0 Å². The van der Waals surface area contributed by atoms with Crippen molar-refractivity contribution in [2.24, 2.45) is 5.92 Å². The van der Waals surface area contributed by atoms with Crippen LogP contribution in [-0.2, 0) is 4.79 Å². The molecule has 0 rings (SSSR count). The molecular formula is C9H16O2. The van der Waals surface area contributed by atoms with Gasteiger partial charge in [0.2, 0.25) is 0 Å². The van der Waals surface area contributed by atoms with Crippen LogP contribution in [0.5, 0.6) is 0 Å². The Bertz CT molecular complexity index is 128. The molecule has 1 atom stereocenters. The molecule has 64 valence electrons. The number of rotatable bonds is 5. The van der Waals surface area contributed by atoms with E-state index in [1.54, 1.807) is 12.2 Å². The second-order valence-corrected chi connectivity index (χ2v) is 3.03. The molecule has 0 aliphatic heterocycles. The zero-order valence-electron chi connectivity index (χ0n) is 7.16. The number of aldehydes is 1. The van der Waals surface area contributed by atoms with E-state index in [-0.39, 0.29) is 0 Å². The van der Waals surface area contributed by atoms with Crippen molar-refractivity contribution < 1.29 is 9.90 Å². The van der Waals surface area contributed by atoms with Crippen molar-refractivity contribution in [3.63, 3.8) is 0 Å². The van der Waals surface area contributed by atoms with Crippen molar-refractivity contribution in [3.8, 4) is 0 Å². The number of hydrogen-bond acceptors (Lipinski definition) is 2. The van der Waals surface area contributed by atoms with E-state index in [2.05, 4.69) is 13.8 Å². The first kappa shape index (κ1) is 10.4. The zero-order chi connectivity index (χ0) is 8.69. The summed E-state index contributed by atoms with van der Waals surface area (Å²) < 4.78 is 0. The third kappa shape index (κ3) is 7.26. The van der Waals surface area contributed by atoms with Crippen LogP contribution in [0.1, 0.15) is 26.7 Å². The molecule has 0 aliphatic rings. The fourth-order valence-corrected chi connectivity index (χ4v) is 0.853. The molecule has 0 amide bonds. The first-order valence-corrected chi connectivity index (χ1v) is 3.95. The second kappa shape index (κ2) is 6.10. The van der Waals surface area contributed by atoms with Crippen LogP contribution in [0.2, 0.25) is 0 Å². The molecular weight excluding hydrogens is 140 g/mol. The lowest BCUT2D eigenvalue weighted by Crippen LogP contribution is -2.05. The lowest BCUT2D eigenvalue weighted by molar-refractivity contribution is -0.107. The Morgan fingerprint density at radius 2 is 2.09 bits per heavy atom. The fourth-order valence-electron chi connectivity index (χ4n) is 0.853. The molecule has 0 saturated heterocycles. The summed E-state index contributed by atoms with van der Waals surface area (Å²) in [6.45, 7) is 4.10. The summed E-state index contributed by atoms with van der Waals surface area (Å²) in [4.78, 5) is 9.88. The van der Waals surface area contributed by atoms with E-state index < -0.39 is 6.10 Å². The molecule has 0 aromatic carbocycles. The molecule has 0 saturated carbocycles. The third-order valence-electron chi connectivity index (χ3n) is 1.30. The van der Waals surface area contributed by atoms with Gasteiger partial charge in [-0.25, -0.2) is 0 Å². The van der Waals surface area contributed by atoms with E-state index in [9.17, 15) is 9.90 Å². The van der Waals surface area contributed by atoms with Gasteiger partial charge in [0.05, 0.1) is 6.10 Å². The molecule has 0 fully saturated rings. The Kier molecular flexibility index (Phi) is 5.75. The van der Waals surface area contributed by atoms with E-state index in [1.807, 2.05) is 0 Å². The maximum Gasteiger partial charge on any atom is 0.123 e. The smallest absolute Gasteiger partial charge is 0.123 e. The molecule has 11 heavy (non-hydrogen) atoms. The molecule has 0 radical (unpaired) electrons. The van der Waals surface area contributed by atoms with Crippen molar-refractivity contribution in [1.82, 2.24) is 0 Å². The minimum absolute atomic E-state index is 0.394. The number of hydrogen-bond donors (Lipinski definition) is 1. The fraction of sp³-hybridized carbons (Fsp3) is 0.667. The molecule has 1 N–H and O–H groups in total. The molecule has 0 aliphatic carbocycles. The highest BCUT2D eigenvalue weighted by atomic mass is 16.3. The van der Waals surface area contributed by atoms with E-state index in [0.29, 0.717) is 12.3 Å². The largest absolute Gasteiger partial charge is 0.389 e. The predicted octanol–water partition coefficient (Wildman–Crippen LogP) is 1.54. The molecule has 0 heterocycles. The van der Waals surface area contributed by atoms with Crippen LogP contribution < -0.4 is 0 Å². The van der Waals surface area contributed by atoms with Crippen LogP contribution in [0.25, 0.3) is 0 Å². The molecule has 0 bridgehead atoms. The minimum Gasteiger partial charge on any atom is -0.389 e. The highest BCUT2D eigenvalue weighted by Gasteiger charge is 2.00. The first-order valence-electron chi connectivity index (χ1n) is 3.95. The minimum atomic E-state index is -0.394. The number of carbonyl (C=O) groups is 1. The highest BCUT2D eigenvalue weighted by Crippen LogP contribution is 2.05. The van der Waals surface area contributed by atoms with Crippen molar-refractivity contribution in [2.45, 2.75) is 32.8 Å².